The number of nitrogens with one attached hydrogen (secondary N) is 1. The Labute approximate surface area is 148 Å². The molecule has 0 aliphatic carbocycles. The number of Topliss-reactive ketones (excluding diaryl/α,β-unsaturated/α-hetero) is 1. The van der Waals surface area contributed by atoms with Crippen LogP contribution < -0.4 is 10.2 Å². The lowest BCUT2D eigenvalue weighted by molar-refractivity contribution is -0.127. The molecule has 1 aromatic carbocycles. The molecule has 2 heterocycles. The Kier molecular flexibility index (Phi) is 4.68. The Balaban J connectivity index is 2.03. The van der Waals surface area contributed by atoms with E-state index in [1.54, 1.807) is 11.1 Å². The van der Waals surface area contributed by atoms with Crippen LogP contribution in [0.25, 0.3) is 0 Å². The van der Waals surface area contributed by atoms with E-state index in [0.717, 1.165) is 16.9 Å². The Bertz CT molecular complexity index is 781. The zero-order valence-corrected chi connectivity index (χ0v) is 14.8. The number of ketones is 1. The Morgan fingerprint density at radius 2 is 1.92 bits per heavy atom. The molecule has 3 rings (SSSR count). The maximum atomic E-state index is 12.7. The molecule has 1 unspecified atom stereocenters. The van der Waals surface area contributed by atoms with Gasteiger partial charge in [0.15, 0.2) is 5.78 Å². The molecule has 1 aromatic heterocycles. The Morgan fingerprint density at radius 1 is 1.20 bits per heavy atom. The lowest BCUT2D eigenvalue weighted by Gasteiger charge is -2.26. The molecule has 1 aliphatic heterocycles. The predicted octanol–water partition coefficient (Wildman–Crippen LogP) is 2.72. The largest absolute Gasteiger partial charge is 0.304 e. The van der Waals surface area contributed by atoms with E-state index in [1.165, 1.54) is 0 Å². The van der Waals surface area contributed by atoms with Crippen molar-refractivity contribution in [3.63, 3.8) is 0 Å². The van der Waals surface area contributed by atoms with Gasteiger partial charge in [0.2, 0.25) is 5.91 Å². The smallest absolute Gasteiger partial charge is 0.241 e. The second kappa shape index (κ2) is 6.76. The highest BCUT2D eigenvalue weighted by atomic mass is 16.2. The van der Waals surface area contributed by atoms with Crippen LogP contribution in [0.2, 0.25) is 0 Å². The molecule has 1 atom stereocenters. The molecule has 25 heavy (non-hydrogen) atoms. The van der Waals surface area contributed by atoms with Gasteiger partial charge in [0.1, 0.15) is 0 Å². The SMILES string of the molecule is CC(C)(C)C(=O)CN1C(=O)CNC(c2ccccn2)c2ccccc21. The van der Waals surface area contributed by atoms with E-state index in [2.05, 4.69) is 10.3 Å². The second-order valence-corrected chi connectivity index (χ2v) is 7.28. The highest BCUT2D eigenvalue weighted by molar-refractivity contribution is 6.02. The number of hydrogen-bond donors (Lipinski definition) is 1. The monoisotopic (exact) mass is 337 g/mol. The normalized spacial score (nSPS) is 17.8. The summed E-state index contributed by atoms with van der Waals surface area (Å²) < 4.78 is 0. The van der Waals surface area contributed by atoms with Crippen molar-refractivity contribution in [3.05, 3.63) is 59.9 Å². The number of benzene rings is 1. The van der Waals surface area contributed by atoms with Crippen molar-refractivity contribution in [2.75, 3.05) is 18.0 Å². The molecule has 0 bridgehead atoms. The molecule has 0 saturated heterocycles. The summed E-state index contributed by atoms with van der Waals surface area (Å²) in [7, 11) is 0. The van der Waals surface area contributed by atoms with E-state index in [4.69, 9.17) is 0 Å². The van der Waals surface area contributed by atoms with Gasteiger partial charge in [-0.05, 0) is 23.8 Å². The number of nitrogens with zero attached hydrogens (tertiary/aromatic N) is 2. The number of rotatable bonds is 3. The fourth-order valence-corrected chi connectivity index (χ4v) is 2.87. The quantitative estimate of drug-likeness (QED) is 0.935. The number of hydrogen-bond acceptors (Lipinski definition) is 4. The first kappa shape index (κ1) is 17.3. The van der Waals surface area contributed by atoms with Crippen molar-refractivity contribution in [2.45, 2.75) is 26.8 Å². The minimum atomic E-state index is -0.491. The van der Waals surface area contributed by atoms with Gasteiger partial charge in [0.25, 0.3) is 0 Å². The Hall–Kier alpha value is -2.53. The molecular formula is C20H23N3O2. The van der Waals surface area contributed by atoms with Gasteiger partial charge in [-0.1, -0.05) is 45.0 Å². The summed E-state index contributed by atoms with van der Waals surface area (Å²) in [6, 6.07) is 13.3. The van der Waals surface area contributed by atoms with Crippen LogP contribution in [-0.4, -0.2) is 29.8 Å². The van der Waals surface area contributed by atoms with Crippen LogP contribution in [0.1, 0.15) is 38.1 Å². The first-order chi connectivity index (χ1) is 11.9. The summed E-state index contributed by atoms with van der Waals surface area (Å²) in [5, 5.41) is 3.28. The molecule has 1 N–H and O–H groups in total. The fourth-order valence-electron chi connectivity index (χ4n) is 2.87. The van der Waals surface area contributed by atoms with E-state index in [-0.39, 0.29) is 30.8 Å². The average Bonchev–Trinajstić information content (AvgIpc) is 2.73. The third-order valence-corrected chi connectivity index (χ3v) is 4.42. The molecule has 1 amide bonds. The molecule has 5 heteroatoms. The van der Waals surface area contributed by atoms with Crippen molar-refractivity contribution < 1.29 is 9.59 Å². The summed E-state index contributed by atoms with van der Waals surface area (Å²) in [5.74, 6) is -0.0737. The summed E-state index contributed by atoms with van der Waals surface area (Å²) >= 11 is 0. The molecule has 0 saturated carbocycles. The zero-order chi connectivity index (χ0) is 18.0. The van der Waals surface area contributed by atoms with Crippen molar-refractivity contribution in [1.82, 2.24) is 10.3 Å². The average molecular weight is 337 g/mol. The van der Waals surface area contributed by atoms with E-state index in [0.29, 0.717) is 0 Å². The first-order valence-electron chi connectivity index (χ1n) is 8.45. The van der Waals surface area contributed by atoms with Gasteiger partial charge >= 0.3 is 0 Å². The lowest BCUT2D eigenvalue weighted by atomic mass is 9.90. The van der Waals surface area contributed by atoms with Gasteiger partial charge < -0.3 is 4.90 Å². The summed E-state index contributed by atoms with van der Waals surface area (Å²) in [5.41, 5.74) is 2.08. The van der Waals surface area contributed by atoms with Crippen molar-refractivity contribution in [2.24, 2.45) is 5.41 Å². The van der Waals surface area contributed by atoms with Crippen molar-refractivity contribution >= 4 is 17.4 Å². The van der Waals surface area contributed by atoms with Gasteiger partial charge in [-0.3, -0.25) is 19.9 Å². The highest BCUT2D eigenvalue weighted by Crippen LogP contribution is 2.32. The topological polar surface area (TPSA) is 62.3 Å². The molecule has 1 aliphatic rings. The van der Waals surface area contributed by atoms with E-state index in [9.17, 15) is 9.59 Å². The van der Waals surface area contributed by atoms with Gasteiger partial charge in [-0.15, -0.1) is 0 Å². The number of pyridine rings is 1. The summed E-state index contributed by atoms with van der Waals surface area (Å²) in [6.45, 7) is 5.86. The maximum absolute atomic E-state index is 12.7. The number of amides is 1. The molecule has 0 radical (unpaired) electrons. The van der Waals surface area contributed by atoms with Crippen LogP contribution in [-0.2, 0) is 9.59 Å². The lowest BCUT2D eigenvalue weighted by Crippen LogP contribution is -2.42. The summed E-state index contributed by atoms with van der Waals surface area (Å²) in [6.07, 6.45) is 1.74. The van der Waals surface area contributed by atoms with Gasteiger partial charge in [-0.25, -0.2) is 0 Å². The van der Waals surface area contributed by atoms with Gasteiger partial charge in [0.05, 0.1) is 24.8 Å². The van der Waals surface area contributed by atoms with Crippen molar-refractivity contribution in [3.8, 4) is 0 Å². The molecule has 130 valence electrons. The van der Waals surface area contributed by atoms with E-state index >= 15 is 0 Å². The van der Waals surface area contributed by atoms with E-state index in [1.807, 2.05) is 63.2 Å². The zero-order valence-electron chi connectivity index (χ0n) is 14.8. The standard InChI is InChI=1S/C20H23N3O2/c1-20(2,3)17(24)13-23-16-10-5-4-8-14(16)19(22-12-18(23)25)15-9-6-7-11-21-15/h4-11,19,22H,12-13H2,1-3H3. The molecule has 5 nitrogen and oxygen atoms in total. The second-order valence-electron chi connectivity index (χ2n) is 7.28. The van der Waals surface area contributed by atoms with Crippen LogP contribution in [0, 0.1) is 5.41 Å². The number of aromatic nitrogens is 1. The van der Waals surface area contributed by atoms with Crippen LogP contribution >= 0.6 is 0 Å². The molecular weight excluding hydrogens is 314 g/mol. The van der Waals surface area contributed by atoms with Crippen molar-refractivity contribution in [1.29, 1.82) is 0 Å². The maximum Gasteiger partial charge on any atom is 0.241 e. The Morgan fingerprint density at radius 3 is 2.60 bits per heavy atom. The third kappa shape index (κ3) is 3.61. The minimum absolute atomic E-state index is 0.0342. The predicted molar refractivity (Wildman–Crippen MR) is 97.3 cm³/mol. The number of carbonyl (C=O) groups is 2. The minimum Gasteiger partial charge on any atom is -0.304 e. The van der Waals surface area contributed by atoms with Gasteiger partial charge in [0, 0.05) is 17.3 Å². The van der Waals surface area contributed by atoms with Crippen LogP contribution in [0.4, 0.5) is 5.69 Å². The number of carbonyl (C=O) groups excluding carboxylic acids is 2. The van der Waals surface area contributed by atoms with Crippen LogP contribution in [0.5, 0.6) is 0 Å². The molecule has 0 fully saturated rings. The van der Waals surface area contributed by atoms with E-state index < -0.39 is 5.41 Å². The number of para-hydroxylation sites is 1. The van der Waals surface area contributed by atoms with Crippen LogP contribution in [0.15, 0.2) is 48.7 Å². The summed E-state index contributed by atoms with van der Waals surface area (Å²) in [4.78, 5) is 31.3. The first-order valence-corrected chi connectivity index (χ1v) is 8.45. The molecule has 2 aromatic rings. The third-order valence-electron chi connectivity index (χ3n) is 4.42. The number of fused-ring (bicyclic) bond motifs is 1. The van der Waals surface area contributed by atoms with Crippen LogP contribution in [0.3, 0.4) is 0 Å². The highest BCUT2D eigenvalue weighted by Gasteiger charge is 2.32. The van der Waals surface area contributed by atoms with Gasteiger partial charge in [-0.2, -0.15) is 0 Å². The number of anilines is 1. The molecule has 0 spiro atoms. The fraction of sp³-hybridized carbons (Fsp3) is 0.350.